The molecule has 0 bridgehead atoms. The van der Waals surface area contributed by atoms with Gasteiger partial charge in [0.1, 0.15) is 0 Å². The second-order valence-electron chi connectivity index (χ2n) is 7.17. The number of aliphatic hydroxyl groups excluding tert-OH is 4. The van der Waals surface area contributed by atoms with Crippen LogP contribution in [0.3, 0.4) is 0 Å². The zero-order valence-electron chi connectivity index (χ0n) is 19.0. The summed E-state index contributed by atoms with van der Waals surface area (Å²) >= 11 is 0. The fourth-order valence-corrected chi connectivity index (χ4v) is 1.24. The summed E-state index contributed by atoms with van der Waals surface area (Å²) in [7, 11) is 0. The fourth-order valence-electron chi connectivity index (χ4n) is 1.24. The monoisotopic (exact) mass is 430 g/mol. The standard InChI is InChI=1S/C11H22O3.3C3H8O.Ti/c1-4-5-6-7-10(12)8-11(13)14-9(2)3;3*1-3(2)4;/h9-10,12H,4-8H2,1-3H3;3*3-4H,1-2H3;. The molecule has 7 heteroatoms. The van der Waals surface area contributed by atoms with Crippen molar-refractivity contribution in [3.8, 4) is 0 Å². The number of aliphatic hydroxyl groups is 4. The third-order valence-electron chi connectivity index (χ3n) is 1.91. The molecule has 0 aliphatic rings. The Morgan fingerprint density at radius 2 is 1.11 bits per heavy atom. The molecule has 0 fully saturated rings. The number of hydrogen-bond donors (Lipinski definition) is 4. The molecule has 4 N–H and O–H groups in total. The van der Waals surface area contributed by atoms with Crippen molar-refractivity contribution in [3.63, 3.8) is 0 Å². The second kappa shape index (κ2) is 28.2. The first-order valence-corrected chi connectivity index (χ1v) is 9.67. The molecule has 0 amide bonds. The number of ether oxygens (including phenoxy) is 1. The van der Waals surface area contributed by atoms with Gasteiger partial charge in [0.15, 0.2) is 0 Å². The molecule has 27 heavy (non-hydrogen) atoms. The van der Waals surface area contributed by atoms with Crippen LogP contribution in [0, 0.1) is 0 Å². The number of unbranched alkanes of at least 4 members (excludes halogenated alkanes) is 2. The van der Waals surface area contributed by atoms with E-state index in [1.807, 2.05) is 0 Å². The van der Waals surface area contributed by atoms with Gasteiger partial charge < -0.3 is 25.2 Å². The first kappa shape index (κ1) is 37.7. The Hall–Kier alpha value is 0.0243. The van der Waals surface area contributed by atoms with E-state index in [1.165, 1.54) is 0 Å². The van der Waals surface area contributed by atoms with Gasteiger partial charge in [-0.2, -0.15) is 0 Å². The minimum atomic E-state index is -0.534. The average molecular weight is 430 g/mol. The van der Waals surface area contributed by atoms with Crippen LogP contribution in [0.5, 0.6) is 0 Å². The van der Waals surface area contributed by atoms with Crippen LogP contribution in [0.4, 0.5) is 0 Å². The van der Waals surface area contributed by atoms with Crippen molar-refractivity contribution in [1.82, 2.24) is 0 Å². The molecule has 6 nitrogen and oxygen atoms in total. The van der Waals surface area contributed by atoms with Gasteiger partial charge >= 0.3 is 5.97 Å². The van der Waals surface area contributed by atoms with Crippen molar-refractivity contribution < 1.29 is 51.7 Å². The van der Waals surface area contributed by atoms with Gasteiger partial charge in [-0.3, -0.25) is 4.79 Å². The Morgan fingerprint density at radius 3 is 1.37 bits per heavy atom. The van der Waals surface area contributed by atoms with E-state index in [0.29, 0.717) is 6.42 Å². The molecule has 0 saturated carbocycles. The molecule has 0 rings (SSSR count). The first-order chi connectivity index (χ1) is 11.8. The topological polar surface area (TPSA) is 107 Å². The number of carbonyl (C=O) groups excluding carboxylic acids is 1. The van der Waals surface area contributed by atoms with Crippen molar-refractivity contribution in [2.45, 2.75) is 125 Å². The van der Waals surface area contributed by atoms with Gasteiger partial charge in [0.2, 0.25) is 0 Å². The summed E-state index contributed by atoms with van der Waals surface area (Å²) in [5.41, 5.74) is 0. The van der Waals surface area contributed by atoms with Gasteiger partial charge in [-0.15, -0.1) is 0 Å². The van der Waals surface area contributed by atoms with Crippen molar-refractivity contribution >= 4 is 5.97 Å². The molecule has 0 aromatic rings. The maximum absolute atomic E-state index is 11.1. The van der Waals surface area contributed by atoms with E-state index in [9.17, 15) is 9.90 Å². The normalized spacial score (nSPS) is 10.7. The maximum atomic E-state index is 11.1. The largest absolute Gasteiger partial charge is 0.463 e. The van der Waals surface area contributed by atoms with E-state index >= 15 is 0 Å². The van der Waals surface area contributed by atoms with Crippen molar-refractivity contribution in [1.29, 1.82) is 0 Å². The molecule has 1 atom stereocenters. The van der Waals surface area contributed by atoms with Crippen LogP contribution in [0.25, 0.3) is 0 Å². The molecule has 0 aliphatic carbocycles. The Balaban J connectivity index is -0.000000102. The number of esters is 1. The summed E-state index contributed by atoms with van der Waals surface area (Å²) in [6.07, 6.45) is 2.91. The third-order valence-corrected chi connectivity index (χ3v) is 1.91. The third kappa shape index (κ3) is 88.5. The first-order valence-electron chi connectivity index (χ1n) is 9.67. The molecular formula is C20H46O6Ti. The van der Waals surface area contributed by atoms with Crippen LogP contribution in [0.15, 0.2) is 0 Å². The SMILES string of the molecule is CC(C)O.CC(C)O.CC(C)O.CCCCCC(O)CC(=O)OC(C)C.[Ti]. The van der Waals surface area contributed by atoms with Crippen LogP contribution >= 0.6 is 0 Å². The van der Waals surface area contributed by atoms with Gasteiger partial charge in [-0.05, 0) is 61.8 Å². The molecule has 0 aromatic heterocycles. The summed E-state index contributed by atoms with van der Waals surface area (Å²) < 4.78 is 4.93. The van der Waals surface area contributed by atoms with Crippen LogP contribution in [-0.2, 0) is 31.2 Å². The van der Waals surface area contributed by atoms with Crippen LogP contribution in [0.1, 0.15) is 94.4 Å². The van der Waals surface area contributed by atoms with E-state index in [1.54, 1.807) is 55.4 Å². The van der Waals surface area contributed by atoms with E-state index in [-0.39, 0.29) is 58.5 Å². The van der Waals surface area contributed by atoms with Crippen molar-refractivity contribution in [3.05, 3.63) is 0 Å². The van der Waals surface area contributed by atoms with E-state index < -0.39 is 6.10 Å². The molecule has 0 aliphatic heterocycles. The van der Waals surface area contributed by atoms with E-state index in [2.05, 4.69) is 6.92 Å². The van der Waals surface area contributed by atoms with Crippen LogP contribution in [0.2, 0.25) is 0 Å². The molecule has 1 unspecified atom stereocenters. The minimum Gasteiger partial charge on any atom is -0.463 e. The Labute approximate surface area is 182 Å². The minimum absolute atomic E-state index is 0. The summed E-state index contributed by atoms with van der Waals surface area (Å²) in [6.45, 7) is 16.1. The predicted octanol–water partition coefficient (Wildman–Crippen LogP) is 3.43. The molecule has 0 heterocycles. The smallest absolute Gasteiger partial charge is 0.308 e. The molecule has 166 valence electrons. The molecule has 0 saturated heterocycles. The van der Waals surface area contributed by atoms with Gasteiger partial charge in [-0.25, -0.2) is 0 Å². The van der Waals surface area contributed by atoms with Gasteiger partial charge in [0.25, 0.3) is 0 Å². The van der Waals surface area contributed by atoms with Crippen LogP contribution < -0.4 is 0 Å². The van der Waals surface area contributed by atoms with E-state index in [0.717, 1.165) is 19.3 Å². The summed E-state index contributed by atoms with van der Waals surface area (Å²) in [4.78, 5) is 11.1. The number of rotatable bonds is 7. The quantitative estimate of drug-likeness (QED) is 0.280. The maximum Gasteiger partial charge on any atom is 0.308 e. The molecule has 0 aromatic carbocycles. The predicted molar refractivity (Wildman–Crippen MR) is 108 cm³/mol. The van der Waals surface area contributed by atoms with Gasteiger partial charge in [-0.1, -0.05) is 26.2 Å². The molecular weight excluding hydrogens is 384 g/mol. The Kier molecular flexibility index (Phi) is 39.5. The summed E-state index contributed by atoms with van der Waals surface area (Å²) in [5.74, 6) is -0.302. The van der Waals surface area contributed by atoms with Gasteiger partial charge in [0, 0.05) is 40.0 Å². The Morgan fingerprint density at radius 1 is 0.778 bits per heavy atom. The summed E-state index contributed by atoms with van der Waals surface area (Å²) in [6, 6.07) is 0. The van der Waals surface area contributed by atoms with Crippen LogP contribution in [-0.4, -0.2) is 56.9 Å². The zero-order chi connectivity index (χ0) is 21.7. The van der Waals surface area contributed by atoms with Gasteiger partial charge in [0.05, 0.1) is 18.6 Å². The molecule has 0 spiro atoms. The summed E-state index contributed by atoms with van der Waals surface area (Å²) in [5, 5.41) is 33.6. The number of hydrogen-bond acceptors (Lipinski definition) is 6. The van der Waals surface area contributed by atoms with E-state index in [4.69, 9.17) is 20.1 Å². The van der Waals surface area contributed by atoms with Crippen molar-refractivity contribution in [2.75, 3.05) is 0 Å². The fraction of sp³-hybridized carbons (Fsp3) is 0.950. The Bertz CT molecular complexity index is 249. The zero-order valence-corrected chi connectivity index (χ0v) is 20.6. The van der Waals surface area contributed by atoms with Crippen molar-refractivity contribution in [2.24, 2.45) is 0 Å². The number of carbonyl (C=O) groups is 1. The molecule has 0 radical (unpaired) electrons. The average Bonchev–Trinajstić information content (AvgIpc) is 2.35. The second-order valence-corrected chi connectivity index (χ2v) is 7.17.